The van der Waals surface area contributed by atoms with Crippen molar-refractivity contribution in [3.8, 4) is 12.1 Å². The van der Waals surface area contributed by atoms with Crippen molar-refractivity contribution in [2.24, 2.45) is 0 Å². The molecule has 0 fully saturated rings. The summed E-state index contributed by atoms with van der Waals surface area (Å²) >= 11 is 1.03. The van der Waals surface area contributed by atoms with Crippen molar-refractivity contribution < 1.29 is 23.9 Å². The van der Waals surface area contributed by atoms with Crippen LogP contribution >= 0.6 is 11.3 Å². The lowest BCUT2D eigenvalue weighted by Crippen LogP contribution is -2.12. The maximum Gasteiger partial charge on any atom is 0.348 e. The third-order valence-corrected chi connectivity index (χ3v) is 6.53. The molecular formula is C26H23N3O5S. The SMILES string of the molecule is CCOC(=O)Cn1cc(/C=C(\C#N)C(=O)Cc2sc(C(=O)OCC)c(C)c2C#N)c2ccccc21. The molecule has 0 aliphatic heterocycles. The Morgan fingerprint density at radius 1 is 1.11 bits per heavy atom. The van der Waals surface area contributed by atoms with Crippen molar-refractivity contribution in [3.05, 3.63) is 62.5 Å². The zero-order chi connectivity index (χ0) is 25.5. The number of rotatable bonds is 9. The van der Waals surface area contributed by atoms with Crippen LogP contribution in [0, 0.1) is 29.6 Å². The van der Waals surface area contributed by atoms with Gasteiger partial charge in [-0.25, -0.2) is 4.79 Å². The predicted molar refractivity (Wildman–Crippen MR) is 131 cm³/mol. The van der Waals surface area contributed by atoms with Crippen LogP contribution in [0.1, 0.15) is 45.1 Å². The molecule has 2 heterocycles. The third kappa shape index (κ3) is 5.48. The third-order valence-electron chi connectivity index (χ3n) is 5.26. The van der Waals surface area contributed by atoms with Crippen molar-refractivity contribution in [2.45, 2.75) is 33.7 Å². The summed E-state index contributed by atoms with van der Waals surface area (Å²) in [6.45, 7) is 5.50. The maximum atomic E-state index is 13.0. The van der Waals surface area contributed by atoms with Gasteiger partial charge in [0, 0.05) is 34.0 Å². The van der Waals surface area contributed by atoms with Crippen LogP contribution in [-0.2, 0) is 32.0 Å². The molecule has 0 radical (unpaired) electrons. The standard InChI is InChI=1S/C26H23N3O5S/c1-4-33-24(31)15-29-14-18(19-8-6-7-9-21(19)29)10-17(12-27)22(30)11-23-20(13-28)16(3)25(35-23)26(32)34-5-2/h6-10,14H,4-5,11,15H2,1-3H3/b17-10+. The smallest absolute Gasteiger partial charge is 0.348 e. The zero-order valence-electron chi connectivity index (χ0n) is 19.6. The number of carbonyl (C=O) groups excluding carboxylic acids is 3. The molecule has 35 heavy (non-hydrogen) atoms. The Balaban J connectivity index is 1.96. The number of benzene rings is 1. The quantitative estimate of drug-likeness (QED) is 0.249. The second-order valence-corrected chi connectivity index (χ2v) is 8.60. The van der Waals surface area contributed by atoms with E-state index in [1.54, 1.807) is 31.5 Å². The van der Waals surface area contributed by atoms with Crippen LogP contribution in [-0.4, -0.2) is 35.5 Å². The number of nitriles is 2. The highest BCUT2D eigenvalue weighted by molar-refractivity contribution is 7.14. The lowest BCUT2D eigenvalue weighted by atomic mass is 10.0. The summed E-state index contributed by atoms with van der Waals surface area (Å²) in [6, 6.07) is 11.3. The van der Waals surface area contributed by atoms with Crippen molar-refractivity contribution in [1.29, 1.82) is 10.5 Å². The molecule has 0 spiro atoms. The number of hydrogen-bond donors (Lipinski definition) is 0. The minimum Gasteiger partial charge on any atom is -0.465 e. The summed E-state index contributed by atoms with van der Waals surface area (Å²) in [5.41, 5.74) is 1.97. The highest BCUT2D eigenvalue weighted by Crippen LogP contribution is 2.30. The van der Waals surface area contributed by atoms with Crippen molar-refractivity contribution >= 4 is 46.0 Å². The highest BCUT2D eigenvalue weighted by Gasteiger charge is 2.23. The zero-order valence-corrected chi connectivity index (χ0v) is 20.4. The Hall–Kier alpha value is -4.21. The molecule has 0 saturated carbocycles. The number of nitrogens with zero attached hydrogens (tertiary/aromatic N) is 3. The van der Waals surface area contributed by atoms with Gasteiger partial charge in [0.25, 0.3) is 0 Å². The van der Waals surface area contributed by atoms with E-state index in [1.165, 1.54) is 6.08 Å². The van der Waals surface area contributed by atoms with E-state index in [0.717, 1.165) is 22.2 Å². The minimum atomic E-state index is -0.546. The van der Waals surface area contributed by atoms with Gasteiger partial charge < -0.3 is 14.0 Å². The lowest BCUT2D eigenvalue weighted by Gasteiger charge is -2.04. The van der Waals surface area contributed by atoms with Crippen molar-refractivity contribution in [2.75, 3.05) is 13.2 Å². The molecule has 0 unspecified atom stereocenters. The molecule has 0 saturated heterocycles. The fourth-order valence-corrected chi connectivity index (χ4v) is 4.82. The molecule has 0 N–H and O–H groups in total. The van der Waals surface area contributed by atoms with Crippen LogP contribution < -0.4 is 0 Å². The first-order valence-electron chi connectivity index (χ1n) is 10.9. The van der Waals surface area contributed by atoms with Crippen LogP contribution in [0.15, 0.2) is 36.0 Å². The average molecular weight is 490 g/mol. The fraction of sp³-hybridized carbons (Fsp3) is 0.269. The topological polar surface area (TPSA) is 122 Å². The molecule has 0 aliphatic rings. The van der Waals surface area contributed by atoms with Gasteiger partial charge >= 0.3 is 11.9 Å². The molecule has 0 bridgehead atoms. The molecular weight excluding hydrogens is 466 g/mol. The summed E-state index contributed by atoms with van der Waals surface area (Å²) in [7, 11) is 0. The van der Waals surface area contributed by atoms with E-state index in [2.05, 4.69) is 6.07 Å². The lowest BCUT2D eigenvalue weighted by molar-refractivity contribution is -0.143. The van der Waals surface area contributed by atoms with Gasteiger partial charge in [-0.05, 0) is 38.5 Å². The van der Waals surface area contributed by atoms with Gasteiger partial charge in [-0.1, -0.05) is 18.2 Å². The average Bonchev–Trinajstić information content (AvgIpc) is 3.34. The number of para-hydroxylation sites is 1. The summed E-state index contributed by atoms with van der Waals surface area (Å²) in [5, 5.41) is 20.1. The molecule has 0 aliphatic carbocycles. The number of hydrogen-bond acceptors (Lipinski definition) is 8. The summed E-state index contributed by atoms with van der Waals surface area (Å²) in [6.07, 6.45) is 2.97. The molecule has 0 amide bonds. The van der Waals surface area contributed by atoms with E-state index >= 15 is 0 Å². The second-order valence-electron chi connectivity index (χ2n) is 7.49. The number of allylic oxidation sites excluding steroid dienone is 1. The normalized spacial score (nSPS) is 11.1. The molecule has 0 atom stereocenters. The van der Waals surface area contributed by atoms with E-state index in [4.69, 9.17) is 9.47 Å². The molecule has 2 aromatic heterocycles. The van der Waals surface area contributed by atoms with E-state index < -0.39 is 17.7 Å². The van der Waals surface area contributed by atoms with Gasteiger partial charge in [-0.15, -0.1) is 11.3 Å². The van der Waals surface area contributed by atoms with Crippen LogP contribution in [0.2, 0.25) is 0 Å². The largest absolute Gasteiger partial charge is 0.465 e. The van der Waals surface area contributed by atoms with Crippen LogP contribution in [0.4, 0.5) is 0 Å². The summed E-state index contributed by atoms with van der Waals surface area (Å²) in [5.74, 6) is -1.42. The van der Waals surface area contributed by atoms with Gasteiger partial charge in [-0.2, -0.15) is 10.5 Å². The molecule has 9 heteroatoms. The van der Waals surface area contributed by atoms with Gasteiger partial charge in [0.1, 0.15) is 23.6 Å². The number of thiophene rings is 1. The highest BCUT2D eigenvalue weighted by atomic mass is 32.1. The number of Topliss-reactive ketones (excluding diaryl/α,β-unsaturated/α-hetero) is 1. The van der Waals surface area contributed by atoms with Gasteiger partial charge in [-0.3, -0.25) is 9.59 Å². The van der Waals surface area contributed by atoms with E-state index in [9.17, 15) is 24.9 Å². The number of ketones is 1. The predicted octanol–water partition coefficient (Wildman–Crippen LogP) is 4.34. The molecule has 178 valence electrons. The van der Waals surface area contributed by atoms with Gasteiger partial charge in [0.15, 0.2) is 5.78 Å². The number of esters is 2. The summed E-state index contributed by atoms with van der Waals surface area (Å²) < 4.78 is 11.8. The minimum absolute atomic E-state index is 0.00529. The molecule has 1 aromatic carbocycles. The monoisotopic (exact) mass is 489 g/mol. The summed E-state index contributed by atoms with van der Waals surface area (Å²) in [4.78, 5) is 37.9. The number of ether oxygens (including phenoxy) is 2. The van der Waals surface area contributed by atoms with E-state index in [-0.39, 0.29) is 42.2 Å². The Kier molecular flexibility index (Phi) is 8.19. The Morgan fingerprint density at radius 3 is 2.49 bits per heavy atom. The Bertz CT molecular complexity index is 1420. The maximum absolute atomic E-state index is 13.0. The Labute approximate surface area is 206 Å². The Morgan fingerprint density at radius 2 is 1.83 bits per heavy atom. The van der Waals surface area contributed by atoms with E-state index in [0.29, 0.717) is 16.0 Å². The van der Waals surface area contributed by atoms with Crippen molar-refractivity contribution in [3.63, 3.8) is 0 Å². The first-order valence-corrected chi connectivity index (χ1v) is 11.7. The van der Waals surface area contributed by atoms with Crippen molar-refractivity contribution in [1.82, 2.24) is 4.57 Å². The molecule has 3 aromatic rings. The fourth-order valence-electron chi connectivity index (χ4n) is 3.67. The molecule has 8 nitrogen and oxygen atoms in total. The van der Waals surface area contributed by atoms with Gasteiger partial charge in [0.05, 0.1) is 24.4 Å². The second kappa shape index (κ2) is 11.3. The van der Waals surface area contributed by atoms with Crippen LogP contribution in [0.3, 0.4) is 0 Å². The van der Waals surface area contributed by atoms with Crippen LogP contribution in [0.5, 0.6) is 0 Å². The number of aromatic nitrogens is 1. The molecule has 3 rings (SSSR count). The van der Waals surface area contributed by atoms with E-state index in [1.807, 2.05) is 30.3 Å². The number of fused-ring (bicyclic) bond motifs is 1. The first kappa shape index (κ1) is 25.4. The number of carbonyl (C=O) groups is 3. The van der Waals surface area contributed by atoms with Crippen LogP contribution in [0.25, 0.3) is 17.0 Å². The van der Waals surface area contributed by atoms with Gasteiger partial charge in [0.2, 0.25) is 0 Å². The first-order chi connectivity index (χ1) is 16.8.